The summed E-state index contributed by atoms with van der Waals surface area (Å²) in [6, 6.07) is 9.48. The first-order chi connectivity index (χ1) is 8.76. The van der Waals surface area contributed by atoms with Crippen LogP contribution in [0.2, 0.25) is 0 Å². The number of aromatic nitrogens is 1. The summed E-state index contributed by atoms with van der Waals surface area (Å²) < 4.78 is 0. The third-order valence-corrected chi connectivity index (χ3v) is 2.66. The predicted octanol–water partition coefficient (Wildman–Crippen LogP) is 2.42. The lowest BCUT2D eigenvalue weighted by Crippen LogP contribution is -2.23. The summed E-state index contributed by atoms with van der Waals surface area (Å²) in [4.78, 5) is 16.5. The van der Waals surface area contributed by atoms with Gasteiger partial charge in [0.2, 0.25) is 0 Å². The van der Waals surface area contributed by atoms with Gasteiger partial charge in [0.1, 0.15) is 5.82 Å². The van der Waals surface area contributed by atoms with Crippen LogP contribution in [0.5, 0.6) is 0 Å². The fourth-order valence-electron chi connectivity index (χ4n) is 1.89. The maximum atomic E-state index is 12.0. The Balaban J connectivity index is 2.56. The van der Waals surface area contributed by atoms with Crippen LogP contribution < -0.4 is 10.6 Å². The summed E-state index contributed by atoms with van der Waals surface area (Å²) in [6.07, 6.45) is 0. The Morgan fingerprint density at radius 3 is 2.72 bits per heavy atom. The molecule has 0 spiro atoms. The van der Waals surface area contributed by atoms with E-state index in [9.17, 15) is 4.79 Å². The van der Waals surface area contributed by atoms with Crippen molar-refractivity contribution in [2.45, 2.75) is 13.8 Å². The number of fused-ring (bicyclic) bond motifs is 1. The van der Waals surface area contributed by atoms with Crippen molar-refractivity contribution >= 4 is 22.6 Å². The molecule has 0 radical (unpaired) electrons. The van der Waals surface area contributed by atoms with Gasteiger partial charge in [-0.3, -0.25) is 4.79 Å². The van der Waals surface area contributed by atoms with Crippen molar-refractivity contribution in [1.82, 2.24) is 10.3 Å². The van der Waals surface area contributed by atoms with Crippen LogP contribution in [-0.4, -0.2) is 24.0 Å². The number of pyridine rings is 1. The van der Waals surface area contributed by atoms with E-state index >= 15 is 0 Å². The first-order valence-electron chi connectivity index (χ1n) is 6.18. The lowest BCUT2D eigenvalue weighted by molar-refractivity contribution is 0.0957. The molecule has 0 aliphatic carbocycles. The van der Waals surface area contributed by atoms with Crippen molar-refractivity contribution in [1.29, 1.82) is 0 Å². The third kappa shape index (κ3) is 2.42. The topological polar surface area (TPSA) is 54.0 Å². The van der Waals surface area contributed by atoms with Crippen molar-refractivity contribution in [2.75, 3.05) is 18.4 Å². The number of hydrogen-bond acceptors (Lipinski definition) is 3. The summed E-state index contributed by atoms with van der Waals surface area (Å²) >= 11 is 0. The number of carbonyl (C=O) groups excluding carboxylic acids is 1. The highest BCUT2D eigenvalue weighted by molar-refractivity contribution is 6.06. The summed E-state index contributed by atoms with van der Waals surface area (Å²) in [6.45, 7) is 5.31. The van der Waals surface area contributed by atoms with E-state index in [-0.39, 0.29) is 5.91 Å². The number of rotatable bonds is 4. The van der Waals surface area contributed by atoms with Gasteiger partial charge in [-0.05, 0) is 26.0 Å². The van der Waals surface area contributed by atoms with E-state index in [4.69, 9.17) is 0 Å². The zero-order valence-electron chi connectivity index (χ0n) is 10.7. The number of amides is 1. The molecule has 18 heavy (non-hydrogen) atoms. The smallest absolute Gasteiger partial charge is 0.252 e. The largest absolute Gasteiger partial charge is 0.370 e. The van der Waals surface area contributed by atoms with Gasteiger partial charge in [-0.15, -0.1) is 0 Å². The van der Waals surface area contributed by atoms with Gasteiger partial charge in [0.05, 0.1) is 11.1 Å². The maximum Gasteiger partial charge on any atom is 0.252 e. The minimum Gasteiger partial charge on any atom is -0.370 e. The second-order valence-electron chi connectivity index (χ2n) is 3.96. The number of carbonyl (C=O) groups is 1. The zero-order valence-corrected chi connectivity index (χ0v) is 10.7. The van der Waals surface area contributed by atoms with Gasteiger partial charge in [0, 0.05) is 18.5 Å². The van der Waals surface area contributed by atoms with Crippen molar-refractivity contribution in [3.05, 3.63) is 35.9 Å². The molecule has 1 heterocycles. The Kier molecular flexibility index (Phi) is 3.77. The fraction of sp³-hybridized carbons (Fsp3) is 0.286. The van der Waals surface area contributed by atoms with Crippen molar-refractivity contribution in [3.63, 3.8) is 0 Å². The maximum absolute atomic E-state index is 12.0. The average molecular weight is 243 g/mol. The summed E-state index contributed by atoms with van der Waals surface area (Å²) in [7, 11) is 0. The van der Waals surface area contributed by atoms with Gasteiger partial charge in [-0.25, -0.2) is 4.98 Å². The normalized spacial score (nSPS) is 10.3. The Labute approximate surface area is 106 Å². The highest BCUT2D eigenvalue weighted by atomic mass is 16.1. The molecule has 0 unspecified atom stereocenters. The zero-order chi connectivity index (χ0) is 13.0. The molecule has 94 valence electrons. The SMILES string of the molecule is CCNC(=O)c1cc(NCC)nc2ccccc12. The molecule has 0 saturated heterocycles. The van der Waals surface area contributed by atoms with Crippen molar-refractivity contribution in [2.24, 2.45) is 0 Å². The number of nitrogens with zero attached hydrogens (tertiary/aromatic N) is 1. The molecule has 0 fully saturated rings. The molecule has 1 amide bonds. The van der Waals surface area contributed by atoms with E-state index in [1.807, 2.05) is 38.1 Å². The van der Waals surface area contributed by atoms with Crippen LogP contribution in [0, 0.1) is 0 Å². The van der Waals surface area contributed by atoms with Crippen LogP contribution in [-0.2, 0) is 0 Å². The van der Waals surface area contributed by atoms with E-state index in [0.717, 1.165) is 23.3 Å². The minimum atomic E-state index is -0.0600. The van der Waals surface area contributed by atoms with E-state index < -0.39 is 0 Å². The van der Waals surface area contributed by atoms with Gasteiger partial charge in [-0.2, -0.15) is 0 Å². The highest BCUT2D eigenvalue weighted by Crippen LogP contribution is 2.20. The number of anilines is 1. The average Bonchev–Trinajstić information content (AvgIpc) is 2.38. The first kappa shape index (κ1) is 12.4. The molecule has 0 saturated carbocycles. The van der Waals surface area contributed by atoms with Crippen LogP contribution in [0.4, 0.5) is 5.82 Å². The molecule has 0 aliphatic rings. The van der Waals surface area contributed by atoms with Gasteiger partial charge >= 0.3 is 0 Å². The minimum absolute atomic E-state index is 0.0600. The fourth-order valence-corrected chi connectivity index (χ4v) is 1.89. The van der Waals surface area contributed by atoms with Gasteiger partial charge in [0.15, 0.2) is 0 Å². The van der Waals surface area contributed by atoms with Crippen LogP contribution in [0.3, 0.4) is 0 Å². The molecule has 0 atom stereocenters. The molecule has 2 rings (SSSR count). The summed E-state index contributed by atoms with van der Waals surface area (Å²) in [5.74, 6) is 0.674. The third-order valence-electron chi connectivity index (χ3n) is 2.66. The lowest BCUT2D eigenvalue weighted by Gasteiger charge is -2.10. The number of nitrogens with one attached hydrogen (secondary N) is 2. The van der Waals surface area contributed by atoms with Crippen LogP contribution >= 0.6 is 0 Å². The van der Waals surface area contributed by atoms with E-state index in [1.165, 1.54) is 0 Å². The Morgan fingerprint density at radius 1 is 1.22 bits per heavy atom. The Bertz CT molecular complexity index is 566. The highest BCUT2D eigenvalue weighted by Gasteiger charge is 2.11. The molecule has 1 aromatic heterocycles. The molecular weight excluding hydrogens is 226 g/mol. The summed E-state index contributed by atoms with van der Waals surface area (Å²) in [5, 5.41) is 6.85. The standard InChI is InChI=1S/C14H17N3O/c1-3-15-13-9-11(14(18)16-4-2)10-7-5-6-8-12(10)17-13/h5-9H,3-4H2,1-2H3,(H,15,17)(H,16,18). The molecule has 4 nitrogen and oxygen atoms in total. The van der Waals surface area contributed by atoms with Gasteiger partial charge < -0.3 is 10.6 Å². The van der Waals surface area contributed by atoms with Crippen LogP contribution in [0.1, 0.15) is 24.2 Å². The number of hydrogen-bond donors (Lipinski definition) is 2. The van der Waals surface area contributed by atoms with Gasteiger partial charge in [0.25, 0.3) is 5.91 Å². The monoisotopic (exact) mass is 243 g/mol. The second-order valence-corrected chi connectivity index (χ2v) is 3.96. The quantitative estimate of drug-likeness (QED) is 0.867. The van der Waals surface area contributed by atoms with E-state index in [0.29, 0.717) is 12.1 Å². The van der Waals surface area contributed by atoms with Crippen LogP contribution in [0.15, 0.2) is 30.3 Å². The molecular formula is C14H17N3O. The number of para-hydroxylation sites is 1. The predicted molar refractivity (Wildman–Crippen MR) is 73.9 cm³/mol. The number of benzene rings is 1. The molecule has 1 aromatic carbocycles. The van der Waals surface area contributed by atoms with E-state index in [2.05, 4.69) is 15.6 Å². The molecule has 2 N–H and O–H groups in total. The lowest BCUT2D eigenvalue weighted by atomic mass is 10.1. The van der Waals surface area contributed by atoms with Crippen molar-refractivity contribution < 1.29 is 4.79 Å². The molecule has 2 aromatic rings. The first-order valence-corrected chi connectivity index (χ1v) is 6.18. The van der Waals surface area contributed by atoms with Gasteiger partial charge in [-0.1, -0.05) is 18.2 Å². The summed E-state index contributed by atoms with van der Waals surface area (Å²) in [5.41, 5.74) is 1.50. The Hall–Kier alpha value is -2.10. The second kappa shape index (κ2) is 5.49. The van der Waals surface area contributed by atoms with Crippen molar-refractivity contribution in [3.8, 4) is 0 Å². The van der Waals surface area contributed by atoms with E-state index in [1.54, 1.807) is 6.07 Å². The Morgan fingerprint density at radius 2 is 2.00 bits per heavy atom. The van der Waals surface area contributed by atoms with Crippen LogP contribution in [0.25, 0.3) is 10.9 Å². The molecule has 4 heteroatoms. The molecule has 0 aliphatic heterocycles. The molecule has 0 bridgehead atoms.